The highest BCUT2D eigenvalue weighted by Gasteiger charge is 2.25. The van der Waals surface area contributed by atoms with Crippen LogP contribution in [0.25, 0.3) is 0 Å². The number of nitrogens with one attached hydrogen (secondary N) is 1. The number of anilines is 1. The van der Waals surface area contributed by atoms with Gasteiger partial charge < -0.3 is 14.5 Å². The van der Waals surface area contributed by atoms with Crippen molar-refractivity contribution in [2.45, 2.75) is 32.2 Å². The second-order valence-corrected chi connectivity index (χ2v) is 5.79. The molecule has 2 rings (SSSR count). The summed E-state index contributed by atoms with van der Waals surface area (Å²) in [6, 6.07) is 8.69. The lowest BCUT2D eigenvalue weighted by molar-refractivity contribution is -0.00394. The Labute approximate surface area is 122 Å². The van der Waals surface area contributed by atoms with Gasteiger partial charge in [0.1, 0.15) is 6.23 Å². The molecule has 1 fully saturated rings. The van der Waals surface area contributed by atoms with Gasteiger partial charge in [0, 0.05) is 25.3 Å². The Balaban J connectivity index is 2.02. The van der Waals surface area contributed by atoms with E-state index in [0.29, 0.717) is 6.10 Å². The highest BCUT2D eigenvalue weighted by molar-refractivity contribution is 5.54. The van der Waals surface area contributed by atoms with E-state index in [2.05, 4.69) is 60.4 Å². The van der Waals surface area contributed by atoms with Gasteiger partial charge in [-0.05, 0) is 46.1 Å². The summed E-state index contributed by atoms with van der Waals surface area (Å²) in [5, 5.41) is 3.14. The molecule has 0 spiro atoms. The minimum atomic E-state index is 0.122. The van der Waals surface area contributed by atoms with Crippen molar-refractivity contribution in [3.8, 4) is 0 Å². The van der Waals surface area contributed by atoms with Crippen LogP contribution in [-0.2, 0) is 11.3 Å². The Kier molecular flexibility index (Phi) is 5.40. The van der Waals surface area contributed by atoms with Gasteiger partial charge >= 0.3 is 0 Å². The van der Waals surface area contributed by atoms with E-state index in [1.54, 1.807) is 0 Å². The van der Waals surface area contributed by atoms with Crippen LogP contribution < -0.4 is 10.2 Å². The van der Waals surface area contributed by atoms with Crippen molar-refractivity contribution in [2.24, 2.45) is 0 Å². The highest BCUT2D eigenvalue weighted by atomic mass is 16.5. The van der Waals surface area contributed by atoms with Crippen molar-refractivity contribution in [3.05, 3.63) is 29.8 Å². The van der Waals surface area contributed by atoms with Gasteiger partial charge in [-0.1, -0.05) is 18.2 Å². The molecule has 112 valence electrons. The fraction of sp³-hybridized carbons (Fsp3) is 0.625. The van der Waals surface area contributed by atoms with Gasteiger partial charge in [0.15, 0.2) is 0 Å². The van der Waals surface area contributed by atoms with Crippen molar-refractivity contribution >= 4 is 5.69 Å². The average Bonchev–Trinajstić information content (AvgIpc) is 2.87. The molecule has 0 aliphatic carbocycles. The number of nitrogens with zero attached hydrogens (tertiary/aromatic N) is 2. The van der Waals surface area contributed by atoms with Gasteiger partial charge in [-0.2, -0.15) is 0 Å². The lowest BCUT2D eigenvalue weighted by atomic mass is 10.1. The van der Waals surface area contributed by atoms with Gasteiger partial charge in [-0.3, -0.25) is 5.32 Å². The number of benzene rings is 1. The third-order valence-corrected chi connectivity index (χ3v) is 3.77. The first kappa shape index (κ1) is 15.3. The van der Waals surface area contributed by atoms with Gasteiger partial charge in [-0.25, -0.2) is 0 Å². The maximum Gasteiger partial charge on any atom is 0.105 e. The van der Waals surface area contributed by atoms with Crippen molar-refractivity contribution < 1.29 is 4.74 Å². The SMILES string of the molecule is CNC(C)O[C@H]1CCN(c2ccccc2CN(C)C)C1. The van der Waals surface area contributed by atoms with E-state index in [1.807, 2.05) is 7.05 Å². The van der Waals surface area contributed by atoms with E-state index in [4.69, 9.17) is 4.74 Å². The quantitative estimate of drug-likeness (QED) is 0.804. The normalized spacial score (nSPS) is 20.6. The van der Waals surface area contributed by atoms with Crippen LogP contribution in [0.15, 0.2) is 24.3 Å². The molecule has 0 radical (unpaired) electrons. The van der Waals surface area contributed by atoms with E-state index in [1.165, 1.54) is 11.3 Å². The van der Waals surface area contributed by atoms with E-state index in [-0.39, 0.29) is 6.23 Å². The number of hydrogen-bond acceptors (Lipinski definition) is 4. The van der Waals surface area contributed by atoms with Crippen LogP contribution >= 0.6 is 0 Å². The van der Waals surface area contributed by atoms with Crippen LogP contribution in [0, 0.1) is 0 Å². The first-order valence-electron chi connectivity index (χ1n) is 7.40. The minimum Gasteiger partial charge on any atom is -0.369 e. The zero-order valence-corrected chi connectivity index (χ0v) is 13.1. The smallest absolute Gasteiger partial charge is 0.105 e. The summed E-state index contributed by atoms with van der Waals surface area (Å²) in [7, 11) is 6.16. The minimum absolute atomic E-state index is 0.122. The summed E-state index contributed by atoms with van der Waals surface area (Å²) < 4.78 is 5.97. The van der Waals surface area contributed by atoms with Crippen molar-refractivity contribution in [2.75, 3.05) is 39.1 Å². The molecule has 4 heteroatoms. The Morgan fingerprint density at radius 2 is 2.15 bits per heavy atom. The third-order valence-electron chi connectivity index (χ3n) is 3.77. The first-order valence-corrected chi connectivity index (χ1v) is 7.40. The maximum absolute atomic E-state index is 5.97. The summed E-state index contributed by atoms with van der Waals surface area (Å²) in [6.07, 6.45) is 1.55. The molecule has 20 heavy (non-hydrogen) atoms. The molecule has 0 amide bonds. The Hall–Kier alpha value is -1.10. The molecule has 1 saturated heterocycles. The predicted molar refractivity (Wildman–Crippen MR) is 84.1 cm³/mol. The molecular formula is C16H27N3O. The molecule has 1 heterocycles. The first-order chi connectivity index (χ1) is 9.60. The number of hydrogen-bond donors (Lipinski definition) is 1. The van der Waals surface area contributed by atoms with E-state index in [0.717, 1.165) is 26.1 Å². The fourth-order valence-electron chi connectivity index (χ4n) is 2.71. The molecule has 1 aromatic carbocycles. The van der Waals surface area contributed by atoms with E-state index >= 15 is 0 Å². The summed E-state index contributed by atoms with van der Waals surface area (Å²) in [5.74, 6) is 0. The molecular weight excluding hydrogens is 250 g/mol. The third kappa shape index (κ3) is 3.95. The average molecular weight is 277 g/mol. The van der Waals surface area contributed by atoms with E-state index in [9.17, 15) is 0 Å². The monoisotopic (exact) mass is 277 g/mol. The van der Waals surface area contributed by atoms with Gasteiger partial charge in [0.25, 0.3) is 0 Å². The molecule has 1 aliphatic rings. The van der Waals surface area contributed by atoms with Crippen molar-refractivity contribution in [1.82, 2.24) is 10.2 Å². The zero-order valence-electron chi connectivity index (χ0n) is 13.1. The fourth-order valence-corrected chi connectivity index (χ4v) is 2.71. The topological polar surface area (TPSA) is 27.7 Å². The summed E-state index contributed by atoms with van der Waals surface area (Å²) >= 11 is 0. The van der Waals surface area contributed by atoms with Gasteiger partial charge in [0.05, 0.1) is 6.10 Å². The Morgan fingerprint density at radius 3 is 2.85 bits per heavy atom. The van der Waals surface area contributed by atoms with Crippen LogP contribution in [0.1, 0.15) is 18.9 Å². The largest absolute Gasteiger partial charge is 0.369 e. The number of rotatable bonds is 6. The lowest BCUT2D eigenvalue weighted by Crippen LogP contribution is -2.32. The second-order valence-electron chi connectivity index (χ2n) is 5.79. The van der Waals surface area contributed by atoms with Crippen LogP contribution in [0.5, 0.6) is 0 Å². The molecule has 0 bridgehead atoms. The lowest BCUT2D eigenvalue weighted by Gasteiger charge is -2.24. The molecule has 0 saturated carbocycles. The number of ether oxygens (including phenoxy) is 1. The highest BCUT2D eigenvalue weighted by Crippen LogP contribution is 2.26. The van der Waals surface area contributed by atoms with Crippen LogP contribution in [-0.4, -0.2) is 51.5 Å². The van der Waals surface area contributed by atoms with Crippen LogP contribution in [0.2, 0.25) is 0 Å². The molecule has 1 aromatic rings. The summed E-state index contributed by atoms with van der Waals surface area (Å²) in [6.45, 7) is 5.09. The van der Waals surface area contributed by atoms with Crippen LogP contribution in [0.4, 0.5) is 5.69 Å². The molecule has 1 N–H and O–H groups in total. The summed E-state index contributed by atoms with van der Waals surface area (Å²) in [4.78, 5) is 4.66. The van der Waals surface area contributed by atoms with Crippen molar-refractivity contribution in [1.29, 1.82) is 0 Å². The Bertz CT molecular complexity index is 422. The summed E-state index contributed by atoms with van der Waals surface area (Å²) in [5.41, 5.74) is 2.74. The molecule has 4 nitrogen and oxygen atoms in total. The zero-order chi connectivity index (χ0) is 14.5. The Morgan fingerprint density at radius 1 is 1.40 bits per heavy atom. The number of para-hydroxylation sites is 1. The van der Waals surface area contributed by atoms with Crippen LogP contribution in [0.3, 0.4) is 0 Å². The van der Waals surface area contributed by atoms with Crippen molar-refractivity contribution in [3.63, 3.8) is 0 Å². The van der Waals surface area contributed by atoms with Gasteiger partial charge in [-0.15, -0.1) is 0 Å². The molecule has 1 aliphatic heterocycles. The molecule has 2 atom stereocenters. The van der Waals surface area contributed by atoms with E-state index < -0.39 is 0 Å². The standard InChI is InChI=1S/C16H27N3O/c1-13(17-2)20-15-9-10-19(12-15)16-8-6-5-7-14(16)11-18(3)4/h5-8,13,15,17H,9-12H2,1-4H3/t13?,15-/m0/s1. The molecule has 0 aromatic heterocycles. The maximum atomic E-state index is 5.97. The molecule has 1 unspecified atom stereocenters. The second kappa shape index (κ2) is 7.07. The predicted octanol–water partition coefficient (Wildman–Crippen LogP) is 1.91. The van der Waals surface area contributed by atoms with Gasteiger partial charge in [0.2, 0.25) is 0 Å².